The molecule has 1 aromatic rings. The van der Waals surface area contributed by atoms with Crippen LogP contribution in [-0.4, -0.2) is 39.5 Å². The van der Waals surface area contributed by atoms with Crippen molar-refractivity contribution >= 4 is 22.4 Å². The number of rotatable bonds is 5. The molecule has 0 bridgehead atoms. The van der Waals surface area contributed by atoms with Crippen molar-refractivity contribution in [2.24, 2.45) is 11.7 Å². The van der Waals surface area contributed by atoms with E-state index in [-0.39, 0.29) is 17.3 Å². The topological polar surface area (TPSA) is 72.6 Å². The molecule has 126 valence electrons. The van der Waals surface area contributed by atoms with Gasteiger partial charge in [0.05, 0.1) is 7.11 Å². The number of nitrogens with zero attached hydrogens (tertiary/aromatic N) is 1. The molecule has 1 aliphatic heterocycles. The zero-order valence-electron chi connectivity index (χ0n) is 13.1. The molecule has 5 nitrogen and oxygen atoms in total. The molecule has 0 amide bonds. The van der Waals surface area contributed by atoms with Gasteiger partial charge in [0.1, 0.15) is 10.6 Å². The van der Waals surface area contributed by atoms with E-state index in [1.54, 1.807) is 16.4 Å². The van der Waals surface area contributed by atoms with Crippen LogP contribution in [0.15, 0.2) is 23.1 Å². The summed E-state index contributed by atoms with van der Waals surface area (Å²) < 4.78 is 32.6. The van der Waals surface area contributed by atoms with Gasteiger partial charge in [-0.1, -0.05) is 6.07 Å². The molecule has 1 aromatic carbocycles. The summed E-state index contributed by atoms with van der Waals surface area (Å²) in [7, 11) is -2.01. The second kappa shape index (κ2) is 8.15. The summed E-state index contributed by atoms with van der Waals surface area (Å²) in [6.07, 6.45) is 2.81. The smallest absolute Gasteiger partial charge is 0.246 e. The molecule has 2 N–H and O–H groups in total. The number of nitrogens with two attached hydrogens (primary N) is 1. The monoisotopic (exact) mass is 348 g/mol. The fourth-order valence-corrected chi connectivity index (χ4v) is 4.64. The number of piperidine rings is 1. The lowest BCUT2D eigenvalue weighted by molar-refractivity contribution is 0.257. The van der Waals surface area contributed by atoms with Crippen LogP contribution in [0.2, 0.25) is 0 Å². The molecular formula is C15H25ClN2O3S. The summed E-state index contributed by atoms with van der Waals surface area (Å²) in [6.45, 7) is 3.61. The molecule has 1 atom stereocenters. The van der Waals surface area contributed by atoms with Crippen molar-refractivity contribution in [3.8, 4) is 5.75 Å². The van der Waals surface area contributed by atoms with E-state index in [0.29, 0.717) is 31.3 Å². The van der Waals surface area contributed by atoms with Gasteiger partial charge in [-0.2, -0.15) is 4.31 Å². The van der Waals surface area contributed by atoms with Gasteiger partial charge >= 0.3 is 0 Å². The third-order valence-corrected chi connectivity index (χ3v) is 5.88. The molecule has 7 heteroatoms. The highest BCUT2D eigenvalue weighted by Crippen LogP contribution is 2.31. The lowest BCUT2D eigenvalue weighted by atomic mass is 9.96. The average molecular weight is 349 g/mol. The zero-order valence-corrected chi connectivity index (χ0v) is 14.8. The number of methoxy groups -OCH3 is 1. The van der Waals surface area contributed by atoms with Crippen LogP contribution in [0.5, 0.6) is 5.75 Å². The molecule has 2 rings (SSSR count). The summed E-state index contributed by atoms with van der Waals surface area (Å²) >= 11 is 0. The predicted octanol–water partition coefficient (Wildman–Crippen LogP) is 2.17. The van der Waals surface area contributed by atoms with Crippen molar-refractivity contribution in [3.63, 3.8) is 0 Å². The number of aryl methyl sites for hydroxylation is 1. The van der Waals surface area contributed by atoms with Crippen molar-refractivity contribution in [2.75, 3.05) is 26.7 Å². The van der Waals surface area contributed by atoms with E-state index in [0.717, 1.165) is 24.8 Å². The van der Waals surface area contributed by atoms with Crippen molar-refractivity contribution in [3.05, 3.63) is 23.8 Å². The lowest BCUT2D eigenvalue weighted by Crippen LogP contribution is -2.40. The number of halogens is 1. The van der Waals surface area contributed by atoms with Gasteiger partial charge < -0.3 is 10.5 Å². The minimum atomic E-state index is -3.51. The lowest BCUT2D eigenvalue weighted by Gasteiger charge is -2.32. The van der Waals surface area contributed by atoms with Gasteiger partial charge in [0.25, 0.3) is 0 Å². The van der Waals surface area contributed by atoms with Gasteiger partial charge in [0.2, 0.25) is 10.0 Å². The summed E-state index contributed by atoms with van der Waals surface area (Å²) in [5.41, 5.74) is 6.51. The van der Waals surface area contributed by atoms with Crippen molar-refractivity contribution in [1.82, 2.24) is 4.31 Å². The Kier molecular flexibility index (Phi) is 7.12. The molecule has 1 fully saturated rings. The van der Waals surface area contributed by atoms with E-state index >= 15 is 0 Å². The summed E-state index contributed by atoms with van der Waals surface area (Å²) in [5.74, 6) is 0.760. The van der Waals surface area contributed by atoms with Crippen LogP contribution in [0, 0.1) is 12.8 Å². The predicted molar refractivity (Wildman–Crippen MR) is 90.1 cm³/mol. The summed E-state index contributed by atoms with van der Waals surface area (Å²) in [5, 5.41) is 0. The number of hydrogen-bond acceptors (Lipinski definition) is 4. The standard InChI is InChI=1S/C15H24N2O3S.ClH/c1-12-5-6-14(20-2)15(10-12)21(18,19)17-9-3-4-13(11-17)7-8-16;/h5-6,10,13H,3-4,7-9,11,16H2,1-2H3;1H. The molecule has 1 aliphatic rings. The quantitative estimate of drug-likeness (QED) is 0.885. The molecule has 0 aliphatic carbocycles. The van der Waals surface area contributed by atoms with E-state index < -0.39 is 10.0 Å². The van der Waals surface area contributed by atoms with E-state index in [9.17, 15) is 8.42 Å². The number of hydrogen-bond donors (Lipinski definition) is 1. The molecule has 0 radical (unpaired) electrons. The number of ether oxygens (including phenoxy) is 1. The van der Waals surface area contributed by atoms with E-state index in [1.807, 2.05) is 13.0 Å². The molecule has 1 unspecified atom stereocenters. The van der Waals surface area contributed by atoms with Crippen LogP contribution in [0.3, 0.4) is 0 Å². The Hall–Kier alpha value is -0.820. The van der Waals surface area contributed by atoms with E-state index in [2.05, 4.69) is 0 Å². The van der Waals surface area contributed by atoms with Crippen LogP contribution in [-0.2, 0) is 10.0 Å². The minimum absolute atomic E-state index is 0. The Bertz CT molecular complexity index is 590. The van der Waals surface area contributed by atoms with Crippen LogP contribution in [0.4, 0.5) is 0 Å². The first-order chi connectivity index (χ1) is 9.98. The van der Waals surface area contributed by atoms with Crippen molar-refractivity contribution in [1.29, 1.82) is 0 Å². The van der Waals surface area contributed by atoms with Crippen molar-refractivity contribution in [2.45, 2.75) is 31.1 Å². The van der Waals surface area contributed by atoms with Gasteiger partial charge in [-0.25, -0.2) is 8.42 Å². The van der Waals surface area contributed by atoms with E-state index in [4.69, 9.17) is 10.5 Å². The van der Waals surface area contributed by atoms with Gasteiger partial charge in [-0.3, -0.25) is 0 Å². The highest BCUT2D eigenvalue weighted by Gasteiger charge is 2.32. The number of sulfonamides is 1. The SMILES string of the molecule is COc1ccc(C)cc1S(=O)(=O)N1CCCC(CCN)C1.Cl. The van der Waals surface area contributed by atoms with Gasteiger partial charge in [0, 0.05) is 13.1 Å². The Morgan fingerprint density at radius 1 is 1.41 bits per heavy atom. The Morgan fingerprint density at radius 2 is 2.14 bits per heavy atom. The molecule has 1 heterocycles. The Labute approximate surface area is 139 Å². The third kappa shape index (κ3) is 4.13. The fraction of sp³-hybridized carbons (Fsp3) is 0.600. The normalized spacial score (nSPS) is 19.5. The molecular weight excluding hydrogens is 324 g/mol. The maximum atomic E-state index is 12.9. The first kappa shape index (κ1) is 19.2. The van der Waals surface area contributed by atoms with Crippen LogP contribution in [0.1, 0.15) is 24.8 Å². The second-order valence-electron chi connectivity index (χ2n) is 5.60. The Balaban J connectivity index is 0.00000242. The summed E-state index contributed by atoms with van der Waals surface area (Å²) in [4.78, 5) is 0.262. The molecule has 0 aromatic heterocycles. The van der Waals surface area contributed by atoms with Gasteiger partial charge in [0.15, 0.2) is 0 Å². The average Bonchev–Trinajstić information content (AvgIpc) is 2.48. The zero-order chi connectivity index (χ0) is 15.5. The largest absolute Gasteiger partial charge is 0.495 e. The van der Waals surface area contributed by atoms with Crippen LogP contribution < -0.4 is 10.5 Å². The first-order valence-electron chi connectivity index (χ1n) is 7.34. The maximum Gasteiger partial charge on any atom is 0.246 e. The molecule has 0 saturated carbocycles. The molecule has 1 saturated heterocycles. The van der Waals surface area contributed by atoms with Crippen LogP contribution >= 0.6 is 12.4 Å². The third-order valence-electron chi connectivity index (χ3n) is 3.99. The first-order valence-corrected chi connectivity index (χ1v) is 8.78. The van der Waals surface area contributed by atoms with Crippen molar-refractivity contribution < 1.29 is 13.2 Å². The molecule has 0 spiro atoms. The van der Waals surface area contributed by atoms with Gasteiger partial charge in [-0.05, 0) is 56.3 Å². The molecule has 22 heavy (non-hydrogen) atoms. The highest BCUT2D eigenvalue weighted by molar-refractivity contribution is 7.89. The van der Waals surface area contributed by atoms with Gasteiger partial charge in [-0.15, -0.1) is 12.4 Å². The second-order valence-corrected chi connectivity index (χ2v) is 7.51. The highest BCUT2D eigenvalue weighted by atomic mass is 35.5. The minimum Gasteiger partial charge on any atom is -0.495 e. The Morgan fingerprint density at radius 3 is 2.77 bits per heavy atom. The maximum absolute atomic E-state index is 12.9. The summed E-state index contributed by atoms with van der Waals surface area (Å²) in [6, 6.07) is 5.25. The van der Waals surface area contributed by atoms with E-state index in [1.165, 1.54) is 7.11 Å². The fourth-order valence-electron chi connectivity index (χ4n) is 2.84. The number of benzene rings is 1. The van der Waals surface area contributed by atoms with Crippen LogP contribution in [0.25, 0.3) is 0 Å².